The summed E-state index contributed by atoms with van der Waals surface area (Å²) in [7, 11) is 0. The Morgan fingerprint density at radius 3 is 2.61 bits per heavy atom. The zero-order valence-electron chi connectivity index (χ0n) is 9.49. The van der Waals surface area contributed by atoms with Gasteiger partial charge in [0.25, 0.3) is 0 Å². The van der Waals surface area contributed by atoms with Gasteiger partial charge in [0.05, 0.1) is 5.02 Å². The van der Waals surface area contributed by atoms with E-state index in [9.17, 15) is 9.18 Å². The van der Waals surface area contributed by atoms with Crippen LogP contribution in [0.3, 0.4) is 0 Å². The molecule has 2 aromatic carbocycles. The number of nitrogen functional groups attached to an aromatic ring is 1. The number of halogens is 2. The highest BCUT2D eigenvalue weighted by molar-refractivity contribution is 6.30. The van der Waals surface area contributed by atoms with Crippen molar-refractivity contribution in [2.75, 3.05) is 5.73 Å². The lowest BCUT2D eigenvalue weighted by Crippen LogP contribution is -2.08. The van der Waals surface area contributed by atoms with Gasteiger partial charge in [-0.3, -0.25) is 4.79 Å². The van der Waals surface area contributed by atoms with E-state index in [1.807, 2.05) is 0 Å². The van der Waals surface area contributed by atoms with Crippen molar-refractivity contribution < 1.29 is 9.18 Å². The van der Waals surface area contributed by atoms with Crippen LogP contribution in [0.1, 0.15) is 15.9 Å². The fraction of sp³-hybridized carbons (Fsp3) is 0.0714. The molecule has 0 aromatic heterocycles. The van der Waals surface area contributed by atoms with Gasteiger partial charge in [0.2, 0.25) is 0 Å². The highest BCUT2D eigenvalue weighted by Gasteiger charge is 2.13. The zero-order valence-corrected chi connectivity index (χ0v) is 10.2. The van der Waals surface area contributed by atoms with Crippen LogP contribution in [0.5, 0.6) is 0 Å². The molecule has 0 spiro atoms. The minimum Gasteiger partial charge on any atom is -0.398 e. The van der Waals surface area contributed by atoms with Crippen LogP contribution in [-0.2, 0) is 6.42 Å². The van der Waals surface area contributed by atoms with Crippen LogP contribution < -0.4 is 5.73 Å². The predicted molar refractivity (Wildman–Crippen MR) is 70.3 cm³/mol. The van der Waals surface area contributed by atoms with Crippen molar-refractivity contribution in [2.24, 2.45) is 0 Å². The van der Waals surface area contributed by atoms with Gasteiger partial charge in [0, 0.05) is 17.7 Å². The molecule has 0 amide bonds. The van der Waals surface area contributed by atoms with E-state index in [4.69, 9.17) is 17.3 Å². The molecule has 4 heteroatoms. The highest BCUT2D eigenvalue weighted by Crippen LogP contribution is 2.20. The topological polar surface area (TPSA) is 43.1 Å². The minimum atomic E-state index is -0.554. The van der Waals surface area contributed by atoms with E-state index in [-0.39, 0.29) is 22.8 Å². The van der Waals surface area contributed by atoms with Crippen LogP contribution >= 0.6 is 11.6 Å². The Balaban J connectivity index is 2.27. The molecule has 92 valence electrons. The first-order valence-corrected chi connectivity index (χ1v) is 5.78. The third-order valence-corrected chi connectivity index (χ3v) is 2.94. The van der Waals surface area contributed by atoms with Crippen molar-refractivity contribution in [2.45, 2.75) is 6.42 Å². The number of nitrogens with two attached hydrogens (primary N) is 1. The predicted octanol–water partition coefficient (Wildman–Crippen LogP) is 3.49. The molecule has 0 aliphatic carbocycles. The van der Waals surface area contributed by atoms with E-state index < -0.39 is 5.82 Å². The number of carbonyl (C=O) groups excluding carboxylic acids is 1. The van der Waals surface area contributed by atoms with E-state index in [1.54, 1.807) is 30.3 Å². The Hall–Kier alpha value is -1.87. The SMILES string of the molecule is Nc1ccccc1C(=O)Cc1cccc(Cl)c1F. The number of hydrogen-bond acceptors (Lipinski definition) is 2. The molecule has 0 radical (unpaired) electrons. The largest absolute Gasteiger partial charge is 0.398 e. The Morgan fingerprint density at radius 2 is 1.89 bits per heavy atom. The van der Waals surface area contributed by atoms with E-state index in [2.05, 4.69) is 0 Å². The number of para-hydroxylation sites is 1. The summed E-state index contributed by atoms with van der Waals surface area (Å²) in [5.41, 5.74) is 6.77. The molecule has 2 aromatic rings. The molecular formula is C14H11ClFNO. The van der Waals surface area contributed by atoms with E-state index in [0.717, 1.165) is 0 Å². The zero-order chi connectivity index (χ0) is 13.1. The molecule has 0 saturated carbocycles. The van der Waals surface area contributed by atoms with Crippen molar-refractivity contribution in [3.63, 3.8) is 0 Å². The van der Waals surface area contributed by atoms with Crippen molar-refractivity contribution >= 4 is 23.1 Å². The van der Waals surface area contributed by atoms with Crippen LogP contribution in [0.4, 0.5) is 10.1 Å². The summed E-state index contributed by atoms with van der Waals surface area (Å²) in [6, 6.07) is 11.3. The first kappa shape index (κ1) is 12.6. The lowest BCUT2D eigenvalue weighted by atomic mass is 10.0. The molecular weight excluding hydrogens is 253 g/mol. The fourth-order valence-corrected chi connectivity index (χ4v) is 1.90. The maximum Gasteiger partial charge on any atom is 0.169 e. The molecule has 0 aliphatic heterocycles. The Labute approximate surface area is 109 Å². The second-order valence-electron chi connectivity index (χ2n) is 3.90. The van der Waals surface area contributed by atoms with Gasteiger partial charge >= 0.3 is 0 Å². The monoisotopic (exact) mass is 263 g/mol. The van der Waals surface area contributed by atoms with Gasteiger partial charge in [-0.25, -0.2) is 4.39 Å². The average Bonchev–Trinajstić information content (AvgIpc) is 2.35. The first-order chi connectivity index (χ1) is 8.59. The van der Waals surface area contributed by atoms with E-state index >= 15 is 0 Å². The summed E-state index contributed by atoms with van der Waals surface area (Å²) in [4.78, 5) is 12.0. The number of Topliss-reactive ketones (excluding diaryl/α,β-unsaturated/α-hetero) is 1. The molecule has 0 unspecified atom stereocenters. The van der Waals surface area contributed by atoms with Crippen LogP contribution in [0, 0.1) is 5.82 Å². The van der Waals surface area contributed by atoms with Gasteiger partial charge in [-0.2, -0.15) is 0 Å². The third-order valence-electron chi connectivity index (χ3n) is 2.64. The standard InChI is InChI=1S/C14H11ClFNO/c15-11-6-3-4-9(14(11)16)8-13(18)10-5-1-2-7-12(10)17/h1-7H,8,17H2. The van der Waals surface area contributed by atoms with Gasteiger partial charge in [0.1, 0.15) is 5.82 Å². The first-order valence-electron chi connectivity index (χ1n) is 5.40. The van der Waals surface area contributed by atoms with E-state index in [1.165, 1.54) is 12.1 Å². The van der Waals surface area contributed by atoms with Crippen molar-refractivity contribution in [3.05, 3.63) is 64.4 Å². The maximum absolute atomic E-state index is 13.7. The Bertz CT molecular complexity index is 598. The van der Waals surface area contributed by atoms with Crippen molar-refractivity contribution in [1.29, 1.82) is 0 Å². The molecule has 2 rings (SSSR count). The quantitative estimate of drug-likeness (QED) is 0.680. The summed E-state index contributed by atoms with van der Waals surface area (Å²) in [5.74, 6) is -0.781. The smallest absolute Gasteiger partial charge is 0.169 e. The molecule has 2 N–H and O–H groups in total. The van der Waals surface area contributed by atoms with Gasteiger partial charge in [0.15, 0.2) is 5.78 Å². The van der Waals surface area contributed by atoms with Gasteiger partial charge in [-0.15, -0.1) is 0 Å². The summed E-state index contributed by atoms with van der Waals surface area (Å²) < 4.78 is 13.7. The molecule has 0 bridgehead atoms. The van der Waals surface area contributed by atoms with Crippen LogP contribution in [0.25, 0.3) is 0 Å². The maximum atomic E-state index is 13.7. The van der Waals surface area contributed by atoms with Crippen LogP contribution in [-0.4, -0.2) is 5.78 Å². The summed E-state index contributed by atoms with van der Waals surface area (Å²) in [5, 5.41) is 0.0151. The average molecular weight is 264 g/mol. The number of rotatable bonds is 3. The number of hydrogen-bond donors (Lipinski definition) is 1. The molecule has 2 nitrogen and oxygen atoms in total. The van der Waals surface area contributed by atoms with Crippen molar-refractivity contribution in [3.8, 4) is 0 Å². The second-order valence-corrected chi connectivity index (χ2v) is 4.31. The summed E-state index contributed by atoms with van der Waals surface area (Å²) in [6.07, 6.45) is -0.0550. The number of carbonyl (C=O) groups is 1. The molecule has 0 fully saturated rings. The third kappa shape index (κ3) is 2.51. The van der Waals surface area contributed by atoms with E-state index in [0.29, 0.717) is 11.3 Å². The summed E-state index contributed by atoms with van der Waals surface area (Å²) in [6.45, 7) is 0. The number of ketones is 1. The van der Waals surface area contributed by atoms with Crippen molar-refractivity contribution in [1.82, 2.24) is 0 Å². The number of anilines is 1. The number of benzene rings is 2. The Morgan fingerprint density at radius 1 is 1.17 bits per heavy atom. The molecule has 18 heavy (non-hydrogen) atoms. The normalized spacial score (nSPS) is 10.3. The molecule has 0 heterocycles. The van der Waals surface area contributed by atoms with Crippen LogP contribution in [0.15, 0.2) is 42.5 Å². The highest BCUT2D eigenvalue weighted by atomic mass is 35.5. The van der Waals surface area contributed by atoms with Crippen LogP contribution in [0.2, 0.25) is 5.02 Å². The summed E-state index contributed by atoms with van der Waals surface area (Å²) >= 11 is 5.66. The lowest BCUT2D eigenvalue weighted by molar-refractivity contribution is 0.0992. The minimum absolute atomic E-state index is 0.0151. The van der Waals surface area contributed by atoms with Gasteiger partial charge < -0.3 is 5.73 Å². The van der Waals surface area contributed by atoms with Gasteiger partial charge in [-0.1, -0.05) is 35.9 Å². The molecule has 0 saturated heterocycles. The molecule has 0 aliphatic rings. The lowest BCUT2D eigenvalue weighted by Gasteiger charge is -2.06. The van der Waals surface area contributed by atoms with Gasteiger partial charge in [-0.05, 0) is 23.8 Å². The second kappa shape index (κ2) is 5.19. The Kier molecular flexibility index (Phi) is 3.63. The molecule has 0 atom stereocenters. The fourth-order valence-electron chi connectivity index (χ4n) is 1.70.